The minimum atomic E-state index is -1.48. The molecular weight excluding hydrogens is 402 g/mol. The first-order chi connectivity index (χ1) is 14.7. The van der Waals surface area contributed by atoms with Gasteiger partial charge in [-0.15, -0.1) is 0 Å². The first-order valence-corrected chi connectivity index (χ1v) is 9.85. The van der Waals surface area contributed by atoms with Crippen LogP contribution in [0.2, 0.25) is 0 Å². The zero-order valence-electron chi connectivity index (χ0n) is 17.2. The second kappa shape index (κ2) is 9.44. The van der Waals surface area contributed by atoms with Gasteiger partial charge in [0.15, 0.2) is 0 Å². The monoisotopic (exact) mass is 429 g/mol. The number of hydrogen-bond acceptors (Lipinski definition) is 8. The molecule has 9 heteroatoms. The van der Waals surface area contributed by atoms with Gasteiger partial charge >= 0.3 is 0 Å². The highest BCUT2D eigenvalue weighted by molar-refractivity contribution is 5.96. The first kappa shape index (κ1) is 22.7. The van der Waals surface area contributed by atoms with Crippen LogP contribution in [-0.4, -0.2) is 58.1 Å². The van der Waals surface area contributed by atoms with Gasteiger partial charge in [0, 0.05) is 16.8 Å². The Morgan fingerprint density at radius 3 is 2.58 bits per heavy atom. The Balaban J connectivity index is 1.87. The van der Waals surface area contributed by atoms with Gasteiger partial charge in [0.1, 0.15) is 42.2 Å². The number of hydrogen-bond donors (Lipinski definition) is 6. The number of nitrogens with one attached hydrogen (secondary N) is 2. The molecule has 0 spiro atoms. The van der Waals surface area contributed by atoms with Crippen LogP contribution in [0.5, 0.6) is 5.75 Å². The number of ether oxygens (including phenoxy) is 2. The van der Waals surface area contributed by atoms with Crippen molar-refractivity contribution in [2.45, 2.75) is 50.6 Å². The molecule has 2 aromatic rings. The second-order valence-corrected chi connectivity index (χ2v) is 7.54. The molecule has 0 bridgehead atoms. The molecular formula is C22H27N3O6. The Labute approximate surface area is 179 Å². The lowest BCUT2D eigenvalue weighted by molar-refractivity contribution is -0.268. The molecule has 1 aliphatic rings. The third-order valence-electron chi connectivity index (χ3n) is 5.30. The van der Waals surface area contributed by atoms with E-state index < -0.39 is 36.7 Å². The summed E-state index contributed by atoms with van der Waals surface area (Å²) in [6.45, 7) is 3.42. The fourth-order valence-corrected chi connectivity index (χ4v) is 3.38. The molecule has 31 heavy (non-hydrogen) atoms. The molecule has 6 unspecified atom stereocenters. The van der Waals surface area contributed by atoms with Gasteiger partial charge in [-0.1, -0.05) is 30.3 Å². The summed E-state index contributed by atoms with van der Waals surface area (Å²) in [4.78, 5) is 12.0. The fraction of sp³-hybridized carbons (Fsp3) is 0.364. The number of aliphatic hydroxyl groups excluding tert-OH is 3. The topological polar surface area (TPSA) is 158 Å². The molecule has 166 valence electrons. The molecule has 0 saturated carbocycles. The average molecular weight is 429 g/mol. The quantitative estimate of drug-likeness (QED) is 0.215. The molecule has 3 rings (SSSR count). The fourth-order valence-electron chi connectivity index (χ4n) is 3.38. The van der Waals surface area contributed by atoms with Crippen molar-refractivity contribution in [1.82, 2.24) is 0 Å². The van der Waals surface area contributed by atoms with E-state index in [1.54, 1.807) is 49.4 Å². The van der Waals surface area contributed by atoms with E-state index in [4.69, 9.17) is 20.6 Å². The summed E-state index contributed by atoms with van der Waals surface area (Å²) in [5.41, 5.74) is 8.05. The van der Waals surface area contributed by atoms with Gasteiger partial charge in [-0.25, -0.2) is 0 Å². The highest BCUT2D eigenvalue weighted by Crippen LogP contribution is 2.31. The summed E-state index contributed by atoms with van der Waals surface area (Å²) in [6.07, 6.45) is -5.43. The number of carbonyl (C=O) groups excluding carboxylic acids is 1. The van der Waals surface area contributed by atoms with Crippen molar-refractivity contribution in [3.05, 3.63) is 59.2 Å². The summed E-state index contributed by atoms with van der Waals surface area (Å²) < 4.78 is 11.3. The van der Waals surface area contributed by atoms with E-state index >= 15 is 0 Å². The lowest BCUT2D eigenvalue weighted by Gasteiger charge is -2.39. The van der Waals surface area contributed by atoms with Gasteiger partial charge in [-0.3, -0.25) is 5.41 Å². The number of nitrogen functional groups attached to an aromatic ring is 1. The lowest BCUT2D eigenvalue weighted by Crippen LogP contribution is -2.58. The lowest BCUT2D eigenvalue weighted by atomic mass is 10.00. The van der Waals surface area contributed by atoms with Crippen molar-refractivity contribution < 1.29 is 29.6 Å². The molecule has 0 radical (unpaired) electrons. The van der Waals surface area contributed by atoms with Gasteiger partial charge in [-0.05, 0) is 31.5 Å². The van der Waals surface area contributed by atoms with Gasteiger partial charge in [0.25, 0.3) is 0 Å². The molecule has 7 N–H and O–H groups in total. The number of amidine groups is 1. The maximum Gasteiger partial charge on any atom is 0.229 e. The SMILES string of the molecule is Cc1ccc(C(=N)N)cc1NC(C=O)c1ccccc1OC1OC(C)C(O)C(O)C1O. The molecule has 0 aromatic heterocycles. The standard InChI is InChI=1S/C22H27N3O6/c1-11-7-8-13(21(23)24)9-15(11)25-16(10-26)14-5-3-4-6-17(14)31-22-20(29)19(28)18(27)12(2)30-22/h3-10,12,16,18-20,22,25,27-29H,1-2H3,(H3,23,24). The zero-order valence-corrected chi connectivity index (χ0v) is 17.2. The number of aldehydes is 1. The van der Waals surface area contributed by atoms with E-state index in [-0.39, 0.29) is 11.6 Å². The van der Waals surface area contributed by atoms with Crippen molar-refractivity contribution in [3.8, 4) is 5.75 Å². The maximum absolute atomic E-state index is 12.0. The third kappa shape index (κ3) is 4.86. The van der Waals surface area contributed by atoms with Crippen LogP contribution in [-0.2, 0) is 9.53 Å². The highest BCUT2D eigenvalue weighted by atomic mass is 16.7. The molecule has 1 fully saturated rings. The van der Waals surface area contributed by atoms with Crippen LogP contribution in [0.25, 0.3) is 0 Å². The summed E-state index contributed by atoms with van der Waals surface area (Å²) in [6, 6.07) is 11.1. The van der Waals surface area contributed by atoms with Crippen LogP contribution in [0, 0.1) is 12.3 Å². The van der Waals surface area contributed by atoms with E-state index in [0.717, 1.165) is 5.56 Å². The van der Waals surface area contributed by atoms with Crippen LogP contribution in [0.4, 0.5) is 5.69 Å². The summed E-state index contributed by atoms with van der Waals surface area (Å²) in [7, 11) is 0. The van der Waals surface area contributed by atoms with Crippen LogP contribution in [0.1, 0.15) is 29.7 Å². The van der Waals surface area contributed by atoms with Gasteiger partial charge in [0.2, 0.25) is 6.29 Å². The summed E-state index contributed by atoms with van der Waals surface area (Å²) >= 11 is 0. The number of anilines is 1. The molecule has 2 aromatic carbocycles. The number of para-hydroxylation sites is 1. The van der Waals surface area contributed by atoms with Crippen molar-refractivity contribution in [1.29, 1.82) is 5.41 Å². The number of benzene rings is 2. The van der Waals surface area contributed by atoms with Gasteiger partial charge in [-0.2, -0.15) is 0 Å². The molecule has 0 aliphatic carbocycles. The minimum Gasteiger partial charge on any atom is -0.462 e. The highest BCUT2D eigenvalue weighted by Gasteiger charge is 2.43. The van der Waals surface area contributed by atoms with Gasteiger partial charge < -0.3 is 40.6 Å². The molecule has 1 saturated heterocycles. The van der Waals surface area contributed by atoms with Crippen molar-refractivity contribution in [2.24, 2.45) is 5.73 Å². The van der Waals surface area contributed by atoms with Crippen molar-refractivity contribution in [3.63, 3.8) is 0 Å². The number of rotatable bonds is 7. The number of carbonyl (C=O) groups is 1. The predicted octanol–water partition coefficient (Wildman–Crippen LogP) is 0.837. The number of nitrogens with two attached hydrogens (primary N) is 1. The molecule has 1 aliphatic heterocycles. The smallest absolute Gasteiger partial charge is 0.229 e. The van der Waals surface area contributed by atoms with Crippen LogP contribution in [0.3, 0.4) is 0 Å². The van der Waals surface area contributed by atoms with E-state index in [1.807, 2.05) is 6.92 Å². The van der Waals surface area contributed by atoms with Gasteiger partial charge in [0.05, 0.1) is 6.10 Å². The third-order valence-corrected chi connectivity index (χ3v) is 5.30. The van der Waals surface area contributed by atoms with E-state index in [9.17, 15) is 20.1 Å². The Morgan fingerprint density at radius 2 is 1.90 bits per heavy atom. The minimum absolute atomic E-state index is 0.0901. The predicted molar refractivity (Wildman–Crippen MR) is 114 cm³/mol. The summed E-state index contributed by atoms with van der Waals surface area (Å²) in [5.74, 6) is 0.181. The van der Waals surface area contributed by atoms with E-state index in [2.05, 4.69) is 5.32 Å². The first-order valence-electron chi connectivity index (χ1n) is 9.85. The second-order valence-electron chi connectivity index (χ2n) is 7.54. The molecule has 6 atom stereocenters. The molecule has 9 nitrogen and oxygen atoms in total. The summed E-state index contributed by atoms with van der Waals surface area (Å²) in [5, 5.41) is 40.9. The molecule has 0 amide bonds. The Morgan fingerprint density at radius 1 is 1.19 bits per heavy atom. The molecule has 1 heterocycles. The van der Waals surface area contributed by atoms with E-state index in [0.29, 0.717) is 23.1 Å². The normalized spacial score (nSPS) is 26.7. The Bertz CT molecular complexity index is 953. The number of aliphatic hydroxyl groups is 3. The maximum atomic E-state index is 12.0. The van der Waals surface area contributed by atoms with Crippen LogP contribution < -0.4 is 15.8 Å². The van der Waals surface area contributed by atoms with E-state index in [1.165, 1.54) is 0 Å². The van der Waals surface area contributed by atoms with Crippen LogP contribution in [0.15, 0.2) is 42.5 Å². The van der Waals surface area contributed by atoms with Crippen LogP contribution >= 0.6 is 0 Å². The van der Waals surface area contributed by atoms with Crippen molar-refractivity contribution >= 4 is 17.8 Å². The number of aryl methyl sites for hydroxylation is 1. The Hall–Kier alpha value is -2.98. The Kier molecular flexibility index (Phi) is 6.91. The van der Waals surface area contributed by atoms with Crippen molar-refractivity contribution in [2.75, 3.05) is 5.32 Å². The largest absolute Gasteiger partial charge is 0.462 e. The average Bonchev–Trinajstić information content (AvgIpc) is 2.75. The zero-order chi connectivity index (χ0) is 22.7.